The fourth-order valence-electron chi connectivity index (χ4n) is 3.26. The van der Waals surface area contributed by atoms with Crippen LogP contribution >= 0.6 is 0 Å². The second kappa shape index (κ2) is 9.99. The number of aromatic nitrogens is 1. The molecule has 30 heavy (non-hydrogen) atoms. The summed E-state index contributed by atoms with van der Waals surface area (Å²) in [6, 6.07) is 8.52. The van der Waals surface area contributed by atoms with Crippen molar-refractivity contribution in [3.8, 4) is 17.2 Å². The predicted octanol–water partition coefficient (Wildman–Crippen LogP) is 2.70. The fourth-order valence-corrected chi connectivity index (χ4v) is 3.26. The smallest absolute Gasteiger partial charge is 0.330 e. The quantitative estimate of drug-likeness (QED) is 0.680. The lowest BCUT2D eigenvalue weighted by Crippen LogP contribution is -2.44. The van der Waals surface area contributed by atoms with E-state index < -0.39 is 24.5 Å². The largest absolute Gasteiger partial charge is 0.467 e. The van der Waals surface area contributed by atoms with Crippen LogP contribution in [-0.2, 0) is 16.0 Å². The van der Waals surface area contributed by atoms with Gasteiger partial charge in [0.15, 0.2) is 6.04 Å². The Bertz CT molecular complexity index is 975. The van der Waals surface area contributed by atoms with Gasteiger partial charge in [-0.1, -0.05) is 43.7 Å². The minimum absolute atomic E-state index is 0.199. The lowest BCUT2D eigenvalue weighted by atomic mass is 9.90. The maximum Gasteiger partial charge on any atom is 0.330 e. The van der Waals surface area contributed by atoms with Gasteiger partial charge in [0.2, 0.25) is 0 Å². The molecule has 0 radical (unpaired) electrons. The van der Waals surface area contributed by atoms with E-state index in [1.54, 1.807) is 6.92 Å². The van der Waals surface area contributed by atoms with Crippen LogP contribution in [0.5, 0.6) is 0 Å². The highest BCUT2D eigenvalue weighted by atomic mass is 16.5. The van der Waals surface area contributed by atoms with Gasteiger partial charge in [-0.2, -0.15) is 5.26 Å². The Balaban J connectivity index is 2.72. The van der Waals surface area contributed by atoms with Crippen molar-refractivity contribution in [3.05, 3.63) is 52.3 Å². The first-order chi connectivity index (χ1) is 14.2. The number of aliphatic hydroxyl groups excluding tert-OH is 1. The first kappa shape index (κ1) is 23.0. The molecule has 158 valence electrons. The summed E-state index contributed by atoms with van der Waals surface area (Å²) >= 11 is 0. The average molecular weight is 409 g/mol. The number of methoxy groups -OCH3 is 1. The van der Waals surface area contributed by atoms with E-state index in [9.17, 15) is 20.0 Å². The third-order valence-corrected chi connectivity index (χ3v) is 4.71. The Morgan fingerprint density at radius 1 is 1.23 bits per heavy atom. The molecule has 1 amide bonds. The molecule has 0 aliphatic heterocycles. The lowest BCUT2D eigenvalue weighted by molar-refractivity contribution is -0.143. The molecule has 1 heterocycles. The summed E-state index contributed by atoms with van der Waals surface area (Å²) in [7, 11) is 1.18. The monoisotopic (exact) mass is 409 g/mol. The van der Waals surface area contributed by atoms with E-state index in [2.05, 4.69) is 21.1 Å². The molecule has 2 N–H and O–H groups in total. The number of nitriles is 1. The number of aryl methyl sites for hydroxylation is 2. The highest BCUT2D eigenvalue weighted by molar-refractivity contribution is 6.04. The van der Waals surface area contributed by atoms with Crippen LogP contribution in [0.2, 0.25) is 0 Å². The molecule has 0 aliphatic carbocycles. The Kier molecular flexibility index (Phi) is 7.67. The van der Waals surface area contributed by atoms with Gasteiger partial charge >= 0.3 is 5.97 Å². The van der Waals surface area contributed by atoms with Gasteiger partial charge < -0.3 is 15.2 Å². The van der Waals surface area contributed by atoms with Crippen molar-refractivity contribution < 1.29 is 19.4 Å². The number of ether oxygens (including phenoxy) is 1. The molecular weight excluding hydrogens is 382 g/mol. The van der Waals surface area contributed by atoms with Crippen LogP contribution in [0.3, 0.4) is 0 Å². The van der Waals surface area contributed by atoms with E-state index in [-0.39, 0.29) is 11.5 Å². The highest BCUT2D eigenvalue weighted by Gasteiger charge is 2.27. The number of benzene rings is 1. The molecular formula is C23H27N3O4. The van der Waals surface area contributed by atoms with Crippen LogP contribution < -0.4 is 5.32 Å². The summed E-state index contributed by atoms with van der Waals surface area (Å²) in [5, 5.41) is 21.9. The Morgan fingerprint density at radius 2 is 1.87 bits per heavy atom. The number of carbonyl (C=O) groups excluding carboxylic acids is 2. The Labute approximate surface area is 176 Å². The van der Waals surface area contributed by atoms with Crippen molar-refractivity contribution in [2.45, 2.75) is 40.2 Å². The fraction of sp³-hybridized carbons (Fsp3) is 0.391. The second-order valence-electron chi connectivity index (χ2n) is 7.58. The number of nitrogens with one attached hydrogen (secondary N) is 1. The number of aliphatic hydroxyl groups is 1. The van der Waals surface area contributed by atoms with Crippen molar-refractivity contribution >= 4 is 11.9 Å². The molecule has 0 fully saturated rings. The van der Waals surface area contributed by atoms with Crippen molar-refractivity contribution in [3.63, 3.8) is 0 Å². The van der Waals surface area contributed by atoms with Gasteiger partial charge in [0.1, 0.15) is 6.07 Å². The zero-order valence-electron chi connectivity index (χ0n) is 17.9. The summed E-state index contributed by atoms with van der Waals surface area (Å²) in [5.74, 6) is -1.09. The summed E-state index contributed by atoms with van der Waals surface area (Å²) in [6.07, 6.45) is 0.589. The predicted molar refractivity (Wildman–Crippen MR) is 113 cm³/mol. The molecule has 7 heteroatoms. The van der Waals surface area contributed by atoms with Gasteiger partial charge in [0.05, 0.1) is 36.2 Å². The first-order valence-electron chi connectivity index (χ1n) is 9.73. The SMILES string of the molecule is COC(=O)[C@H](CO)NC(=O)c1c(C)nc(CC(C)C)c(C#N)c1-c1ccc(C)cc1. The van der Waals surface area contributed by atoms with Crippen LogP contribution in [0, 0.1) is 31.1 Å². The third kappa shape index (κ3) is 5.02. The molecule has 0 saturated heterocycles. The maximum atomic E-state index is 13.1. The van der Waals surface area contributed by atoms with Crippen LogP contribution in [0.4, 0.5) is 0 Å². The number of pyridine rings is 1. The standard InChI is InChI=1S/C23H27N3O4/c1-13(2)10-18-17(11-24)21(16-8-6-14(3)7-9-16)20(15(4)25-18)22(28)26-19(12-27)23(29)30-5/h6-9,13,19,27H,10,12H2,1-5H3,(H,26,28)/t19-/m0/s1. The molecule has 2 aromatic rings. The molecule has 1 aromatic heterocycles. The van der Waals surface area contributed by atoms with E-state index in [4.69, 9.17) is 0 Å². The maximum absolute atomic E-state index is 13.1. The van der Waals surface area contributed by atoms with Gasteiger partial charge in [-0.25, -0.2) is 4.79 Å². The minimum atomic E-state index is -1.21. The Morgan fingerprint density at radius 3 is 2.37 bits per heavy atom. The van der Waals surface area contributed by atoms with Gasteiger partial charge in [-0.3, -0.25) is 9.78 Å². The van der Waals surface area contributed by atoms with E-state index in [0.717, 1.165) is 5.56 Å². The number of hydrogen-bond donors (Lipinski definition) is 2. The van der Waals surface area contributed by atoms with Gasteiger partial charge in [-0.05, 0) is 31.7 Å². The number of hydrogen-bond acceptors (Lipinski definition) is 6. The zero-order valence-corrected chi connectivity index (χ0v) is 17.9. The lowest BCUT2D eigenvalue weighted by Gasteiger charge is -2.20. The van der Waals surface area contributed by atoms with Crippen LogP contribution in [0.15, 0.2) is 24.3 Å². The van der Waals surface area contributed by atoms with Crippen LogP contribution in [0.25, 0.3) is 11.1 Å². The molecule has 7 nitrogen and oxygen atoms in total. The number of esters is 1. The van der Waals surface area contributed by atoms with Crippen molar-refractivity contribution in [2.24, 2.45) is 5.92 Å². The molecule has 0 bridgehead atoms. The van der Waals surface area contributed by atoms with Crippen molar-refractivity contribution in [1.82, 2.24) is 10.3 Å². The van der Waals surface area contributed by atoms with E-state index in [1.165, 1.54) is 7.11 Å². The average Bonchev–Trinajstić information content (AvgIpc) is 2.71. The topological polar surface area (TPSA) is 112 Å². The molecule has 2 rings (SSSR count). The van der Waals surface area contributed by atoms with Crippen LogP contribution in [-0.4, -0.2) is 41.7 Å². The molecule has 0 unspecified atom stereocenters. The summed E-state index contributed by atoms with van der Waals surface area (Å²) in [4.78, 5) is 29.5. The molecule has 1 atom stereocenters. The number of nitrogens with zero attached hydrogens (tertiary/aromatic N) is 2. The van der Waals surface area contributed by atoms with Gasteiger partial charge in [0.25, 0.3) is 5.91 Å². The number of carbonyl (C=O) groups is 2. The van der Waals surface area contributed by atoms with E-state index in [0.29, 0.717) is 34.5 Å². The number of rotatable bonds is 7. The summed E-state index contributed by atoms with van der Waals surface area (Å²) < 4.78 is 4.62. The van der Waals surface area contributed by atoms with Crippen LogP contribution in [0.1, 0.15) is 46.7 Å². The zero-order chi connectivity index (χ0) is 22.4. The second-order valence-corrected chi connectivity index (χ2v) is 7.58. The third-order valence-electron chi connectivity index (χ3n) is 4.71. The minimum Gasteiger partial charge on any atom is -0.467 e. The van der Waals surface area contributed by atoms with E-state index >= 15 is 0 Å². The van der Waals surface area contributed by atoms with Gasteiger partial charge in [-0.15, -0.1) is 0 Å². The first-order valence-corrected chi connectivity index (χ1v) is 9.73. The molecule has 0 saturated carbocycles. The molecule has 0 spiro atoms. The molecule has 1 aromatic carbocycles. The van der Waals surface area contributed by atoms with Crippen molar-refractivity contribution in [1.29, 1.82) is 5.26 Å². The Hall–Kier alpha value is -3.24. The van der Waals surface area contributed by atoms with E-state index in [1.807, 2.05) is 45.0 Å². The van der Waals surface area contributed by atoms with Crippen molar-refractivity contribution in [2.75, 3.05) is 13.7 Å². The number of amides is 1. The van der Waals surface area contributed by atoms with Gasteiger partial charge in [0, 0.05) is 5.56 Å². The highest BCUT2D eigenvalue weighted by Crippen LogP contribution is 2.32. The normalized spacial score (nSPS) is 11.7. The summed E-state index contributed by atoms with van der Waals surface area (Å²) in [6.45, 7) is 7.11. The molecule has 0 aliphatic rings. The summed E-state index contributed by atoms with van der Waals surface area (Å²) in [5.41, 5.74) is 3.83.